The highest BCUT2D eigenvalue weighted by molar-refractivity contribution is 7.92. The fourth-order valence-corrected chi connectivity index (χ4v) is 5.74. The van der Waals surface area contributed by atoms with E-state index in [-0.39, 0.29) is 16.8 Å². The van der Waals surface area contributed by atoms with Crippen molar-refractivity contribution in [2.45, 2.75) is 69.4 Å². The molecule has 0 N–H and O–H groups in total. The molecular formula is C25H32N2O3S. The van der Waals surface area contributed by atoms with Gasteiger partial charge in [0.1, 0.15) is 0 Å². The van der Waals surface area contributed by atoms with Crippen molar-refractivity contribution in [1.82, 2.24) is 4.90 Å². The average molecular weight is 441 g/mol. The summed E-state index contributed by atoms with van der Waals surface area (Å²) in [4.78, 5) is 15.7. The van der Waals surface area contributed by atoms with Gasteiger partial charge in [-0.1, -0.05) is 30.7 Å². The van der Waals surface area contributed by atoms with Crippen molar-refractivity contribution < 1.29 is 13.2 Å². The maximum absolute atomic E-state index is 13.5. The van der Waals surface area contributed by atoms with Gasteiger partial charge in [-0.05, 0) is 81.7 Å². The molecule has 2 aromatic carbocycles. The molecule has 0 saturated heterocycles. The molecule has 0 heterocycles. The van der Waals surface area contributed by atoms with E-state index in [1.807, 2.05) is 19.1 Å². The second kappa shape index (κ2) is 8.65. The van der Waals surface area contributed by atoms with Crippen molar-refractivity contribution in [1.29, 1.82) is 0 Å². The van der Waals surface area contributed by atoms with Crippen LogP contribution in [0.15, 0.2) is 53.4 Å². The molecular weight excluding hydrogens is 408 g/mol. The number of rotatable bonds is 6. The highest BCUT2D eigenvalue weighted by atomic mass is 32.2. The molecule has 0 aliphatic heterocycles. The number of anilines is 1. The minimum absolute atomic E-state index is 0.0305. The fourth-order valence-electron chi connectivity index (χ4n) is 4.49. The highest BCUT2D eigenvalue weighted by Crippen LogP contribution is 2.36. The summed E-state index contributed by atoms with van der Waals surface area (Å²) in [6, 6.07) is 14.5. The number of hydrogen-bond acceptors (Lipinski definition) is 3. The maximum Gasteiger partial charge on any atom is 0.264 e. The van der Waals surface area contributed by atoms with E-state index in [4.69, 9.17) is 0 Å². The Morgan fingerprint density at radius 1 is 0.903 bits per heavy atom. The minimum Gasteiger partial charge on any atom is -0.333 e. The number of nitrogens with zero attached hydrogens (tertiary/aromatic N) is 2. The number of carbonyl (C=O) groups is 1. The van der Waals surface area contributed by atoms with Gasteiger partial charge in [-0.25, -0.2) is 8.42 Å². The lowest BCUT2D eigenvalue weighted by atomic mass is 9.86. The molecule has 31 heavy (non-hydrogen) atoms. The van der Waals surface area contributed by atoms with Gasteiger partial charge in [0.25, 0.3) is 15.9 Å². The third kappa shape index (κ3) is 4.64. The van der Waals surface area contributed by atoms with Gasteiger partial charge in [-0.2, -0.15) is 0 Å². The number of hydrogen-bond donors (Lipinski definition) is 0. The molecule has 166 valence electrons. The fraction of sp³-hybridized carbons (Fsp3) is 0.480. The number of amides is 1. The van der Waals surface area contributed by atoms with Crippen molar-refractivity contribution in [3.63, 3.8) is 0 Å². The molecule has 0 unspecified atom stereocenters. The van der Waals surface area contributed by atoms with Crippen LogP contribution in [0.3, 0.4) is 0 Å². The largest absolute Gasteiger partial charge is 0.333 e. The summed E-state index contributed by atoms with van der Waals surface area (Å²) >= 11 is 0. The summed E-state index contributed by atoms with van der Waals surface area (Å²) in [5.41, 5.74) is 2.13. The highest BCUT2D eigenvalue weighted by Gasteiger charge is 2.39. The van der Waals surface area contributed by atoms with Crippen LogP contribution in [0, 0.1) is 12.8 Å². The molecule has 0 aromatic heterocycles. The van der Waals surface area contributed by atoms with Crippen LogP contribution in [0.4, 0.5) is 5.69 Å². The third-order valence-corrected chi connectivity index (χ3v) is 8.47. The summed E-state index contributed by atoms with van der Waals surface area (Å²) < 4.78 is 27.8. The predicted molar refractivity (Wildman–Crippen MR) is 124 cm³/mol. The van der Waals surface area contributed by atoms with E-state index in [0.717, 1.165) is 50.0 Å². The van der Waals surface area contributed by atoms with Crippen molar-refractivity contribution in [2.75, 3.05) is 11.4 Å². The van der Waals surface area contributed by atoms with Crippen LogP contribution in [0.2, 0.25) is 0 Å². The quantitative estimate of drug-likeness (QED) is 0.635. The summed E-state index contributed by atoms with van der Waals surface area (Å²) in [6.45, 7) is 4.24. The van der Waals surface area contributed by atoms with E-state index in [0.29, 0.717) is 17.3 Å². The lowest BCUT2D eigenvalue weighted by Crippen LogP contribution is -2.43. The zero-order valence-electron chi connectivity index (χ0n) is 18.6. The van der Waals surface area contributed by atoms with Crippen LogP contribution in [0.1, 0.15) is 61.4 Å². The standard InChI is InChI=1S/C25H32N2O3S/c1-18-7-11-21(12-8-18)26(3)31(29,30)24-6-4-5-20(17-24)25(28)27(23-15-16-23)22-13-9-19(2)10-14-22/h4-8,11-12,17,19,22-23H,9-10,13-16H2,1-3H3. The number of sulfonamides is 1. The van der Waals surface area contributed by atoms with Gasteiger partial charge in [0.15, 0.2) is 0 Å². The van der Waals surface area contributed by atoms with Crippen molar-refractivity contribution >= 4 is 21.6 Å². The third-order valence-electron chi connectivity index (χ3n) is 6.69. The molecule has 5 nitrogen and oxygen atoms in total. The van der Waals surface area contributed by atoms with E-state index in [9.17, 15) is 13.2 Å². The summed E-state index contributed by atoms with van der Waals surface area (Å²) in [5, 5.41) is 0. The molecule has 0 spiro atoms. The Morgan fingerprint density at radius 3 is 2.06 bits per heavy atom. The van der Waals surface area contributed by atoms with Crippen LogP contribution >= 0.6 is 0 Å². The first-order chi connectivity index (χ1) is 14.8. The molecule has 0 radical (unpaired) electrons. The van der Waals surface area contributed by atoms with Crippen molar-refractivity contribution in [3.8, 4) is 0 Å². The lowest BCUT2D eigenvalue weighted by Gasteiger charge is -2.36. The van der Waals surface area contributed by atoms with Gasteiger partial charge in [0, 0.05) is 24.7 Å². The van der Waals surface area contributed by atoms with E-state index in [2.05, 4.69) is 11.8 Å². The van der Waals surface area contributed by atoms with Gasteiger partial charge in [-0.3, -0.25) is 9.10 Å². The molecule has 0 bridgehead atoms. The molecule has 2 aliphatic rings. The molecule has 0 atom stereocenters. The predicted octanol–water partition coefficient (Wildman–Crippen LogP) is 5.00. The first-order valence-corrected chi connectivity index (χ1v) is 12.7. The Balaban J connectivity index is 1.59. The van der Waals surface area contributed by atoms with Gasteiger partial charge in [-0.15, -0.1) is 0 Å². The minimum atomic E-state index is -3.76. The summed E-state index contributed by atoms with van der Waals surface area (Å²) in [7, 11) is -2.21. The Labute approximate surface area is 186 Å². The first-order valence-electron chi connectivity index (χ1n) is 11.3. The van der Waals surface area contributed by atoms with E-state index >= 15 is 0 Å². The lowest BCUT2D eigenvalue weighted by molar-refractivity contribution is 0.0593. The van der Waals surface area contributed by atoms with E-state index in [1.165, 1.54) is 4.31 Å². The zero-order valence-corrected chi connectivity index (χ0v) is 19.4. The Hall–Kier alpha value is -2.34. The van der Waals surface area contributed by atoms with E-state index < -0.39 is 10.0 Å². The maximum atomic E-state index is 13.5. The van der Waals surface area contributed by atoms with Gasteiger partial charge >= 0.3 is 0 Å². The zero-order chi connectivity index (χ0) is 22.2. The van der Waals surface area contributed by atoms with Crippen molar-refractivity contribution in [3.05, 3.63) is 59.7 Å². The molecule has 2 fully saturated rings. The normalized spacial score (nSPS) is 21.5. The van der Waals surface area contributed by atoms with Crippen LogP contribution in [-0.2, 0) is 10.0 Å². The second-order valence-corrected chi connectivity index (χ2v) is 11.2. The van der Waals surface area contributed by atoms with E-state index in [1.54, 1.807) is 43.4 Å². The van der Waals surface area contributed by atoms with Gasteiger partial charge in [0.2, 0.25) is 0 Å². The number of benzene rings is 2. The van der Waals surface area contributed by atoms with Crippen LogP contribution < -0.4 is 4.31 Å². The molecule has 2 saturated carbocycles. The van der Waals surface area contributed by atoms with Crippen LogP contribution in [0.5, 0.6) is 0 Å². The number of aryl methyl sites for hydroxylation is 1. The van der Waals surface area contributed by atoms with Crippen molar-refractivity contribution in [2.24, 2.45) is 5.92 Å². The number of carbonyl (C=O) groups excluding carboxylic acids is 1. The first kappa shape index (κ1) is 21.9. The van der Waals surface area contributed by atoms with Crippen LogP contribution in [-0.4, -0.2) is 38.4 Å². The molecule has 4 rings (SSSR count). The molecule has 2 aromatic rings. The summed E-state index contributed by atoms with van der Waals surface area (Å²) in [6.07, 6.45) is 6.47. The Bertz CT molecular complexity index is 1040. The SMILES string of the molecule is Cc1ccc(N(C)S(=O)(=O)c2cccc(C(=O)N(C3CCC(C)CC3)C3CC3)c2)cc1. The smallest absolute Gasteiger partial charge is 0.264 e. The van der Waals surface area contributed by atoms with Crippen LogP contribution in [0.25, 0.3) is 0 Å². The average Bonchev–Trinajstić information content (AvgIpc) is 3.60. The van der Waals surface area contributed by atoms with Gasteiger partial charge in [0.05, 0.1) is 10.6 Å². The topological polar surface area (TPSA) is 57.7 Å². The molecule has 1 amide bonds. The molecule has 2 aliphatic carbocycles. The van der Waals surface area contributed by atoms with Gasteiger partial charge < -0.3 is 4.90 Å². The monoisotopic (exact) mass is 440 g/mol. The molecule has 6 heteroatoms. The second-order valence-electron chi connectivity index (χ2n) is 9.19. The Morgan fingerprint density at radius 2 is 1.48 bits per heavy atom. The summed E-state index contributed by atoms with van der Waals surface area (Å²) in [5.74, 6) is 0.690. The Kier molecular flexibility index (Phi) is 6.11.